The summed E-state index contributed by atoms with van der Waals surface area (Å²) in [5.41, 5.74) is 4.17. The summed E-state index contributed by atoms with van der Waals surface area (Å²) in [6.45, 7) is 4.01. The molecule has 2 heterocycles. The highest BCUT2D eigenvalue weighted by Crippen LogP contribution is 2.30. The number of benzene rings is 3. The van der Waals surface area contributed by atoms with Crippen molar-refractivity contribution in [1.82, 2.24) is 14.5 Å². The van der Waals surface area contributed by atoms with Gasteiger partial charge in [0.1, 0.15) is 11.6 Å². The fourth-order valence-electron chi connectivity index (χ4n) is 4.80. The second-order valence-corrected chi connectivity index (χ2v) is 8.53. The summed E-state index contributed by atoms with van der Waals surface area (Å²) in [4.78, 5) is 20.1. The molecule has 4 aromatic rings. The van der Waals surface area contributed by atoms with Gasteiger partial charge in [-0.2, -0.15) is 0 Å². The molecular formula is C28H29N3O2. The number of carbonyl (C=O) groups is 1. The lowest BCUT2D eigenvalue weighted by molar-refractivity contribution is 0.0694. The second kappa shape index (κ2) is 9.49. The first-order chi connectivity index (χ1) is 16.2. The van der Waals surface area contributed by atoms with Crippen LogP contribution in [0.15, 0.2) is 78.9 Å². The summed E-state index contributed by atoms with van der Waals surface area (Å²) in [6.07, 6.45) is 2.64. The van der Waals surface area contributed by atoms with E-state index in [4.69, 9.17) is 9.72 Å². The molecule has 0 atom stereocenters. The van der Waals surface area contributed by atoms with Gasteiger partial charge >= 0.3 is 0 Å². The zero-order valence-corrected chi connectivity index (χ0v) is 19.0. The standard InChI is InChI=1S/C28H29N3O2/c1-2-33-24-12-8-11-22(20-24)28(32)30-17-15-23(16-18-30)31-26-14-7-6-13-25(26)29-27(31)19-21-9-4-3-5-10-21/h3-14,20,23H,2,15-19H2,1H3. The number of amides is 1. The molecule has 3 aromatic carbocycles. The Kier molecular flexibility index (Phi) is 6.11. The van der Waals surface area contributed by atoms with Crippen molar-refractivity contribution in [2.24, 2.45) is 0 Å². The van der Waals surface area contributed by atoms with Crippen LogP contribution in [0.3, 0.4) is 0 Å². The molecule has 0 radical (unpaired) electrons. The van der Waals surface area contributed by atoms with Crippen LogP contribution < -0.4 is 4.74 Å². The van der Waals surface area contributed by atoms with E-state index in [-0.39, 0.29) is 5.91 Å². The van der Waals surface area contributed by atoms with Crippen molar-refractivity contribution in [1.29, 1.82) is 0 Å². The normalized spacial score (nSPS) is 14.5. The van der Waals surface area contributed by atoms with Crippen molar-refractivity contribution < 1.29 is 9.53 Å². The molecule has 5 rings (SSSR count). The second-order valence-electron chi connectivity index (χ2n) is 8.53. The monoisotopic (exact) mass is 439 g/mol. The molecule has 1 aliphatic rings. The van der Waals surface area contributed by atoms with Crippen molar-refractivity contribution in [3.8, 4) is 5.75 Å². The zero-order chi connectivity index (χ0) is 22.6. The number of aromatic nitrogens is 2. The van der Waals surface area contributed by atoms with Crippen LogP contribution in [0, 0.1) is 0 Å². The number of piperidine rings is 1. The van der Waals surface area contributed by atoms with Crippen molar-refractivity contribution in [3.63, 3.8) is 0 Å². The van der Waals surface area contributed by atoms with Crippen molar-refractivity contribution in [3.05, 3.63) is 95.8 Å². The zero-order valence-electron chi connectivity index (χ0n) is 19.0. The summed E-state index contributed by atoms with van der Waals surface area (Å²) < 4.78 is 7.99. The summed E-state index contributed by atoms with van der Waals surface area (Å²) in [5, 5.41) is 0. The molecule has 1 aromatic heterocycles. The van der Waals surface area contributed by atoms with Crippen LogP contribution in [-0.4, -0.2) is 40.1 Å². The number of hydrogen-bond acceptors (Lipinski definition) is 3. The molecule has 33 heavy (non-hydrogen) atoms. The van der Waals surface area contributed by atoms with Crippen molar-refractivity contribution in [2.75, 3.05) is 19.7 Å². The van der Waals surface area contributed by atoms with Gasteiger partial charge < -0.3 is 14.2 Å². The Morgan fingerprint density at radius 3 is 2.52 bits per heavy atom. The fraction of sp³-hybridized carbons (Fsp3) is 0.286. The van der Waals surface area contributed by atoms with E-state index in [1.54, 1.807) is 0 Å². The molecule has 0 unspecified atom stereocenters. The maximum absolute atomic E-state index is 13.1. The highest BCUT2D eigenvalue weighted by atomic mass is 16.5. The van der Waals surface area contributed by atoms with Crippen molar-refractivity contribution >= 4 is 16.9 Å². The minimum Gasteiger partial charge on any atom is -0.494 e. The largest absolute Gasteiger partial charge is 0.494 e. The number of imidazole rings is 1. The molecule has 5 nitrogen and oxygen atoms in total. The van der Waals surface area contributed by atoms with Crippen LogP contribution in [0.25, 0.3) is 11.0 Å². The highest BCUT2D eigenvalue weighted by molar-refractivity contribution is 5.94. The van der Waals surface area contributed by atoms with Crippen LogP contribution in [0.4, 0.5) is 0 Å². The van der Waals surface area contributed by atoms with E-state index >= 15 is 0 Å². The SMILES string of the molecule is CCOc1cccc(C(=O)N2CCC(n3c(Cc4ccccc4)nc4ccccc43)CC2)c1. The number of nitrogens with zero attached hydrogens (tertiary/aromatic N) is 3. The van der Waals surface area contributed by atoms with Gasteiger partial charge in [0, 0.05) is 31.1 Å². The Bertz CT molecular complexity index is 1240. The minimum atomic E-state index is 0.0787. The molecule has 0 aliphatic carbocycles. The predicted molar refractivity (Wildman–Crippen MR) is 131 cm³/mol. The number of hydrogen-bond donors (Lipinski definition) is 0. The molecule has 1 fully saturated rings. The van der Waals surface area contributed by atoms with Gasteiger partial charge in [0.05, 0.1) is 17.6 Å². The Morgan fingerprint density at radius 2 is 1.73 bits per heavy atom. The van der Waals surface area contributed by atoms with E-state index in [2.05, 4.69) is 47.0 Å². The Labute approximate surface area is 194 Å². The number of ether oxygens (including phenoxy) is 1. The third kappa shape index (κ3) is 4.49. The maximum Gasteiger partial charge on any atom is 0.253 e. The molecule has 0 saturated carbocycles. The van der Waals surface area contributed by atoms with Gasteiger partial charge in [-0.3, -0.25) is 4.79 Å². The van der Waals surface area contributed by atoms with E-state index in [9.17, 15) is 4.79 Å². The molecule has 1 aliphatic heterocycles. The molecule has 5 heteroatoms. The van der Waals surface area contributed by atoms with Crippen LogP contribution in [-0.2, 0) is 6.42 Å². The van der Waals surface area contributed by atoms with Crippen LogP contribution >= 0.6 is 0 Å². The van der Waals surface area contributed by atoms with Crippen LogP contribution in [0.2, 0.25) is 0 Å². The topological polar surface area (TPSA) is 47.4 Å². The number of rotatable bonds is 6. The Hall–Kier alpha value is -3.60. The minimum absolute atomic E-state index is 0.0787. The lowest BCUT2D eigenvalue weighted by Crippen LogP contribution is -2.39. The number of carbonyl (C=O) groups excluding carboxylic acids is 1. The van der Waals surface area contributed by atoms with Gasteiger partial charge in [-0.25, -0.2) is 4.98 Å². The quantitative estimate of drug-likeness (QED) is 0.398. The lowest BCUT2D eigenvalue weighted by Gasteiger charge is -2.34. The number of fused-ring (bicyclic) bond motifs is 1. The summed E-state index contributed by atoms with van der Waals surface area (Å²) >= 11 is 0. The highest BCUT2D eigenvalue weighted by Gasteiger charge is 2.27. The lowest BCUT2D eigenvalue weighted by atomic mass is 10.0. The summed E-state index contributed by atoms with van der Waals surface area (Å²) in [5.74, 6) is 1.92. The van der Waals surface area contributed by atoms with Gasteiger partial charge in [0.2, 0.25) is 0 Å². The Morgan fingerprint density at radius 1 is 0.970 bits per heavy atom. The third-order valence-corrected chi connectivity index (χ3v) is 6.38. The predicted octanol–water partition coefficient (Wildman–Crippen LogP) is 5.50. The third-order valence-electron chi connectivity index (χ3n) is 6.38. The van der Waals surface area contributed by atoms with Crippen molar-refractivity contribution in [2.45, 2.75) is 32.2 Å². The van der Waals surface area contributed by atoms with E-state index < -0.39 is 0 Å². The number of likely N-dealkylation sites (tertiary alicyclic amines) is 1. The molecular weight excluding hydrogens is 410 g/mol. The first kappa shape index (κ1) is 21.3. The first-order valence-electron chi connectivity index (χ1n) is 11.7. The molecule has 168 valence electrons. The fourth-order valence-corrected chi connectivity index (χ4v) is 4.80. The smallest absolute Gasteiger partial charge is 0.253 e. The van der Waals surface area contributed by atoms with E-state index in [0.717, 1.165) is 49.4 Å². The number of para-hydroxylation sites is 2. The molecule has 0 N–H and O–H groups in total. The summed E-state index contributed by atoms with van der Waals surface area (Å²) in [6, 6.07) is 26.7. The summed E-state index contributed by atoms with van der Waals surface area (Å²) in [7, 11) is 0. The molecule has 0 spiro atoms. The molecule has 1 saturated heterocycles. The van der Waals surface area contributed by atoms with Gasteiger partial charge in [-0.05, 0) is 55.7 Å². The van der Waals surface area contributed by atoms with Crippen LogP contribution in [0.1, 0.15) is 47.6 Å². The van der Waals surface area contributed by atoms with Gasteiger partial charge in [-0.15, -0.1) is 0 Å². The van der Waals surface area contributed by atoms with Crippen LogP contribution in [0.5, 0.6) is 5.75 Å². The van der Waals surface area contributed by atoms with Gasteiger partial charge in [0.15, 0.2) is 0 Å². The average Bonchev–Trinajstić information content (AvgIpc) is 3.22. The first-order valence-corrected chi connectivity index (χ1v) is 11.7. The average molecular weight is 440 g/mol. The van der Waals surface area contributed by atoms with E-state index in [1.807, 2.05) is 48.2 Å². The van der Waals surface area contributed by atoms with Gasteiger partial charge in [-0.1, -0.05) is 48.5 Å². The molecule has 1 amide bonds. The maximum atomic E-state index is 13.1. The Balaban J connectivity index is 1.35. The van der Waals surface area contributed by atoms with E-state index in [1.165, 1.54) is 11.1 Å². The van der Waals surface area contributed by atoms with E-state index in [0.29, 0.717) is 18.2 Å². The molecule has 0 bridgehead atoms. The van der Waals surface area contributed by atoms with Gasteiger partial charge in [0.25, 0.3) is 5.91 Å².